The molecule has 114 valence electrons. The van der Waals surface area contributed by atoms with E-state index < -0.39 is 12.6 Å². The molecule has 2 nitrogen and oxygen atoms in total. The van der Waals surface area contributed by atoms with Crippen molar-refractivity contribution in [2.45, 2.75) is 64.7 Å². The summed E-state index contributed by atoms with van der Waals surface area (Å²) in [4.78, 5) is 1.89. The second-order valence-corrected chi connectivity index (χ2v) is 6.48. The van der Waals surface area contributed by atoms with Crippen LogP contribution in [0.3, 0.4) is 0 Å². The molecule has 0 aliphatic heterocycles. The predicted molar refractivity (Wildman–Crippen MR) is 72.2 cm³/mol. The third kappa shape index (κ3) is 5.69. The van der Waals surface area contributed by atoms with Crippen LogP contribution in [-0.4, -0.2) is 43.3 Å². The summed E-state index contributed by atoms with van der Waals surface area (Å²) in [5.41, 5.74) is 0.225. The van der Waals surface area contributed by atoms with Crippen LogP contribution >= 0.6 is 0 Å². The van der Waals surface area contributed by atoms with E-state index in [1.54, 1.807) is 0 Å². The molecule has 0 heterocycles. The third-order valence-electron chi connectivity index (χ3n) is 4.14. The summed E-state index contributed by atoms with van der Waals surface area (Å²) in [5, 5.41) is 3.43. The van der Waals surface area contributed by atoms with Gasteiger partial charge in [-0.3, -0.25) is 0 Å². The van der Waals surface area contributed by atoms with Gasteiger partial charge in [0.05, 0.1) is 6.42 Å². The van der Waals surface area contributed by atoms with Crippen molar-refractivity contribution >= 4 is 0 Å². The maximum atomic E-state index is 12.3. The summed E-state index contributed by atoms with van der Waals surface area (Å²) in [7, 11) is 1.82. The van der Waals surface area contributed by atoms with Crippen LogP contribution in [-0.2, 0) is 0 Å². The van der Waals surface area contributed by atoms with Crippen molar-refractivity contribution in [3.05, 3.63) is 0 Å². The summed E-state index contributed by atoms with van der Waals surface area (Å²) in [6.07, 6.45) is -1.65. The van der Waals surface area contributed by atoms with E-state index in [0.29, 0.717) is 6.04 Å². The number of alkyl halides is 3. The van der Waals surface area contributed by atoms with E-state index >= 15 is 0 Å². The van der Waals surface area contributed by atoms with Gasteiger partial charge in [0.1, 0.15) is 0 Å². The van der Waals surface area contributed by atoms with Gasteiger partial charge < -0.3 is 10.2 Å². The van der Waals surface area contributed by atoms with E-state index in [1.807, 2.05) is 18.9 Å². The number of nitrogens with zero attached hydrogens (tertiary/aromatic N) is 1. The van der Waals surface area contributed by atoms with Gasteiger partial charge in [-0.25, -0.2) is 0 Å². The maximum absolute atomic E-state index is 12.3. The molecule has 0 spiro atoms. The quantitative estimate of drug-likeness (QED) is 0.830. The minimum atomic E-state index is -4.06. The molecule has 0 amide bonds. The van der Waals surface area contributed by atoms with Crippen molar-refractivity contribution in [3.8, 4) is 0 Å². The number of hydrogen-bond acceptors (Lipinski definition) is 2. The van der Waals surface area contributed by atoms with Crippen LogP contribution in [0.4, 0.5) is 13.2 Å². The average Bonchev–Trinajstić information content (AvgIpc) is 2.27. The van der Waals surface area contributed by atoms with E-state index in [1.165, 1.54) is 0 Å². The van der Waals surface area contributed by atoms with Gasteiger partial charge in [0.25, 0.3) is 0 Å². The maximum Gasteiger partial charge on any atom is 0.390 e. The second-order valence-electron chi connectivity index (χ2n) is 6.48. The first kappa shape index (κ1) is 16.8. The number of likely N-dealkylation sites (N-methyl/N-ethyl adjacent to an activating group) is 2. The first-order valence-corrected chi connectivity index (χ1v) is 7.15. The van der Waals surface area contributed by atoms with Crippen LogP contribution in [0.15, 0.2) is 0 Å². The molecule has 2 atom stereocenters. The molecule has 1 rings (SSSR count). The highest BCUT2D eigenvalue weighted by Crippen LogP contribution is 2.37. The van der Waals surface area contributed by atoms with Crippen LogP contribution in [0.2, 0.25) is 0 Å². The Kier molecular flexibility index (Phi) is 5.68. The molecular weight excluding hydrogens is 253 g/mol. The van der Waals surface area contributed by atoms with E-state index in [9.17, 15) is 13.2 Å². The Morgan fingerprint density at radius 1 is 1.32 bits per heavy atom. The zero-order valence-corrected chi connectivity index (χ0v) is 12.5. The van der Waals surface area contributed by atoms with Crippen LogP contribution in [0.25, 0.3) is 0 Å². The molecule has 0 aromatic carbocycles. The zero-order valence-electron chi connectivity index (χ0n) is 12.5. The first-order valence-electron chi connectivity index (χ1n) is 7.15. The highest BCUT2D eigenvalue weighted by Gasteiger charge is 2.37. The molecule has 1 saturated carbocycles. The van der Waals surface area contributed by atoms with Gasteiger partial charge >= 0.3 is 6.18 Å². The monoisotopic (exact) mass is 280 g/mol. The molecule has 19 heavy (non-hydrogen) atoms. The Labute approximate surface area is 114 Å². The highest BCUT2D eigenvalue weighted by atomic mass is 19.4. The van der Waals surface area contributed by atoms with Crippen LogP contribution in [0.1, 0.15) is 46.5 Å². The van der Waals surface area contributed by atoms with Crippen molar-refractivity contribution in [1.29, 1.82) is 0 Å². The van der Waals surface area contributed by atoms with E-state index in [2.05, 4.69) is 19.2 Å². The van der Waals surface area contributed by atoms with Gasteiger partial charge in [0, 0.05) is 18.6 Å². The smallest absolute Gasteiger partial charge is 0.313 e. The normalized spacial score (nSPS) is 27.8. The molecule has 0 aromatic heterocycles. The lowest BCUT2D eigenvalue weighted by atomic mass is 9.72. The molecule has 1 N–H and O–H groups in total. The Balaban J connectivity index is 2.62. The van der Waals surface area contributed by atoms with Crippen LogP contribution < -0.4 is 5.32 Å². The van der Waals surface area contributed by atoms with Gasteiger partial charge in [0.15, 0.2) is 0 Å². The van der Waals surface area contributed by atoms with Crippen molar-refractivity contribution in [3.63, 3.8) is 0 Å². The largest absolute Gasteiger partial charge is 0.390 e. The molecule has 5 heteroatoms. The molecule has 0 radical (unpaired) electrons. The van der Waals surface area contributed by atoms with Crippen molar-refractivity contribution in [1.82, 2.24) is 10.2 Å². The highest BCUT2D eigenvalue weighted by molar-refractivity contribution is 4.93. The van der Waals surface area contributed by atoms with Crippen molar-refractivity contribution < 1.29 is 13.2 Å². The van der Waals surface area contributed by atoms with Gasteiger partial charge in [-0.05, 0) is 38.3 Å². The summed E-state index contributed by atoms with van der Waals surface area (Å²) in [5.74, 6) is 0. The molecule has 2 unspecified atom stereocenters. The number of nitrogens with one attached hydrogen (secondary N) is 1. The number of halogens is 3. The standard InChI is InChI=1S/C14H27F3N2/c1-5-18-11-6-7-13(2,3)10-12(11)19(4)9-8-14(15,16)17/h11-12,18H,5-10H2,1-4H3. The minimum Gasteiger partial charge on any atom is -0.313 e. The van der Waals surface area contributed by atoms with Crippen LogP contribution in [0.5, 0.6) is 0 Å². The van der Waals surface area contributed by atoms with Crippen molar-refractivity contribution in [2.75, 3.05) is 20.1 Å². The van der Waals surface area contributed by atoms with E-state index in [0.717, 1.165) is 25.8 Å². The van der Waals surface area contributed by atoms with Gasteiger partial charge in [-0.15, -0.1) is 0 Å². The number of hydrogen-bond donors (Lipinski definition) is 1. The lowest BCUT2D eigenvalue weighted by molar-refractivity contribution is -0.139. The Bertz CT molecular complexity index is 276. The molecule has 0 bridgehead atoms. The fourth-order valence-electron chi connectivity index (χ4n) is 2.98. The minimum absolute atomic E-state index is 0.0894. The average molecular weight is 280 g/mol. The first-order chi connectivity index (χ1) is 8.64. The Hall–Kier alpha value is -0.290. The summed E-state index contributed by atoms with van der Waals surface area (Å²) >= 11 is 0. The third-order valence-corrected chi connectivity index (χ3v) is 4.14. The Morgan fingerprint density at radius 2 is 1.95 bits per heavy atom. The fraction of sp³-hybridized carbons (Fsp3) is 1.00. The molecule has 1 fully saturated rings. The Morgan fingerprint density at radius 3 is 2.47 bits per heavy atom. The molecule has 1 aliphatic rings. The van der Waals surface area contributed by atoms with Gasteiger partial charge in [0.2, 0.25) is 0 Å². The van der Waals surface area contributed by atoms with E-state index in [4.69, 9.17) is 0 Å². The van der Waals surface area contributed by atoms with E-state index in [-0.39, 0.29) is 18.0 Å². The van der Waals surface area contributed by atoms with Crippen molar-refractivity contribution in [2.24, 2.45) is 5.41 Å². The molecule has 1 aliphatic carbocycles. The van der Waals surface area contributed by atoms with Crippen LogP contribution in [0, 0.1) is 5.41 Å². The number of rotatable bonds is 5. The SMILES string of the molecule is CCNC1CCC(C)(C)CC1N(C)CCC(F)(F)F. The molecule has 0 aromatic rings. The lowest BCUT2D eigenvalue weighted by Gasteiger charge is -2.45. The summed E-state index contributed by atoms with van der Waals surface area (Å²) < 4.78 is 37.0. The summed E-state index contributed by atoms with van der Waals surface area (Å²) in [6.45, 7) is 7.42. The second kappa shape index (κ2) is 6.44. The zero-order chi connectivity index (χ0) is 14.7. The predicted octanol–water partition coefficient (Wildman–Crippen LogP) is 3.43. The molecular formula is C14H27F3N2. The fourth-order valence-corrected chi connectivity index (χ4v) is 2.98. The lowest BCUT2D eigenvalue weighted by Crippen LogP contribution is -2.54. The summed E-state index contributed by atoms with van der Waals surface area (Å²) in [6, 6.07) is 0.516. The topological polar surface area (TPSA) is 15.3 Å². The van der Waals surface area contributed by atoms with Gasteiger partial charge in [-0.1, -0.05) is 20.8 Å². The van der Waals surface area contributed by atoms with Gasteiger partial charge in [-0.2, -0.15) is 13.2 Å². The molecule has 0 saturated heterocycles.